The third kappa shape index (κ3) is 3.49. The maximum absolute atomic E-state index is 12.4. The molecule has 18 heavy (non-hydrogen) atoms. The van der Waals surface area contributed by atoms with Crippen molar-refractivity contribution in [2.45, 2.75) is 31.5 Å². The smallest absolute Gasteiger partial charge is 0.244 e. The lowest BCUT2D eigenvalue weighted by Crippen LogP contribution is -2.34. The fourth-order valence-electron chi connectivity index (χ4n) is 1.78. The summed E-state index contributed by atoms with van der Waals surface area (Å²) >= 11 is 5.75. The van der Waals surface area contributed by atoms with Crippen LogP contribution in [0, 0.1) is 5.41 Å². The van der Waals surface area contributed by atoms with Gasteiger partial charge in [0.1, 0.15) is 4.90 Å². The van der Waals surface area contributed by atoms with E-state index in [0.717, 1.165) is 5.69 Å². The van der Waals surface area contributed by atoms with Crippen molar-refractivity contribution < 1.29 is 8.42 Å². The third-order valence-electron chi connectivity index (χ3n) is 2.62. The predicted octanol–water partition coefficient (Wildman–Crippen LogP) is 2.43. The van der Waals surface area contributed by atoms with Crippen molar-refractivity contribution in [3.8, 4) is 0 Å². The second-order valence-corrected chi connectivity index (χ2v) is 8.05. The van der Waals surface area contributed by atoms with Crippen LogP contribution in [0.1, 0.15) is 26.5 Å². The van der Waals surface area contributed by atoms with E-state index in [0.29, 0.717) is 17.3 Å². The second kappa shape index (κ2) is 5.23. The normalized spacial score (nSPS) is 13.3. The van der Waals surface area contributed by atoms with Crippen molar-refractivity contribution in [3.05, 3.63) is 18.0 Å². The zero-order chi connectivity index (χ0) is 14.1. The van der Waals surface area contributed by atoms with Gasteiger partial charge in [0, 0.05) is 32.5 Å². The molecule has 0 unspecified atom stereocenters. The van der Waals surface area contributed by atoms with Crippen LogP contribution in [0.5, 0.6) is 0 Å². The summed E-state index contributed by atoms with van der Waals surface area (Å²) < 4.78 is 27.9. The van der Waals surface area contributed by atoms with Crippen molar-refractivity contribution >= 4 is 21.6 Å². The summed E-state index contributed by atoms with van der Waals surface area (Å²) in [6, 6.07) is 1.63. The number of nitrogens with zero attached hydrogens (tertiary/aromatic N) is 2. The van der Waals surface area contributed by atoms with E-state index in [9.17, 15) is 8.42 Å². The first-order valence-corrected chi connectivity index (χ1v) is 7.73. The first kappa shape index (κ1) is 15.5. The molecule has 0 aliphatic heterocycles. The number of alkyl halides is 1. The number of hydrogen-bond acceptors (Lipinski definition) is 2. The van der Waals surface area contributed by atoms with E-state index in [4.69, 9.17) is 11.6 Å². The van der Waals surface area contributed by atoms with Crippen LogP contribution in [0.4, 0.5) is 0 Å². The van der Waals surface area contributed by atoms with Crippen molar-refractivity contribution in [2.75, 3.05) is 13.6 Å². The minimum Gasteiger partial charge on any atom is -0.352 e. The van der Waals surface area contributed by atoms with Crippen LogP contribution in [0.25, 0.3) is 0 Å². The quantitative estimate of drug-likeness (QED) is 0.800. The molecule has 1 aromatic rings. The molecular formula is C12H21ClN2O2S. The molecule has 1 rings (SSSR count). The summed E-state index contributed by atoms with van der Waals surface area (Å²) in [6.45, 7) is 6.50. The van der Waals surface area contributed by atoms with E-state index < -0.39 is 10.0 Å². The molecule has 0 aliphatic carbocycles. The van der Waals surface area contributed by atoms with Gasteiger partial charge in [-0.15, -0.1) is 11.6 Å². The molecule has 0 saturated carbocycles. The molecule has 6 heteroatoms. The largest absolute Gasteiger partial charge is 0.352 e. The SMILES string of the molecule is CN(CC(C)(C)C)S(=O)(=O)c1cc(CCl)n(C)c1. The van der Waals surface area contributed by atoms with Gasteiger partial charge in [0.25, 0.3) is 0 Å². The number of halogens is 1. The molecule has 0 bridgehead atoms. The Labute approximate surface area is 115 Å². The van der Waals surface area contributed by atoms with E-state index in [2.05, 4.69) is 0 Å². The van der Waals surface area contributed by atoms with E-state index in [1.54, 1.807) is 30.9 Å². The molecule has 0 spiro atoms. The monoisotopic (exact) mass is 292 g/mol. The lowest BCUT2D eigenvalue weighted by molar-refractivity contribution is 0.311. The van der Waals surface area contributed by atoms with Gasteiger partial charge in [0.2, 0.25) is 10.0 Å². The molecule has 4 nitrogen and oxygen atoms in total. The number of rotatable bonds is 4. The van der Waals surface area contributed by atoms with E-state index in [1.807, 2.05) is 20.8 Å². The van der Waals surface area contributed by atoms with Gasteiger partial charge in [-0.2, -0.15) is 0 Å². The van der Waals surface area contributed by atoms with Gasteiger partial charge >= 0.3 is 0 Å². The average molecular weight is 293 g/mol. The van der Waals surface area contributed by atoms with Gasteiger partial charge in [0.05, 0.1) is 5.88 Å². The first-order chi connectivity index (χ1) is 8.08. The highest BCUT2D eigenvalue weighted by Crippen LogP contribution is 2.22. The van der Waals surface area contributed by atoms with Gasteiger partial charge in [-0.05, 0) is 11.5 Å². The average Bonchev–Trinajstić information content (AvgIpc) is 2.57. The topological polar surface area (TPSA) is 42.3 Å². The Morgan fingerprint density at radius 2 is 1.94 bits per heavy atom. The van der Waals surface area contributed by atoms with Crippen molar-refractivity contribution in [2.24, 2.45) is 12.5 Å². The van der Waals surface area contributed by atoms with E-state index >= 15 is 0 Å². The van der Waals surface area contributed by atoms with E-state index in [-0.39, 0.29) is 5.41 Å². The molecule has 0 saturated heterocycles. The third-order valence-corrected chi connectivity index (χ3v) is 4.67. The molecule has 1 aromatic heterocycles. The molecule has 0 fully saturated rings. The van der Waals surface area contributed by atoms with Crippen LogP contribution in [-0.4, -0.2) is 30.9 Å². The summed E-state index contributed by atoms with van der Waals surface area (Å²) in [5.74, 6) is 0.301. The number of hydrogen-bond donors (Lipinski definition) is 0. The van der Waals surface area contributed by atoms with Crippen LogP contribution >= 0.6 is 11.6 Å². The maximum Gasteiger partial charge on any atom is 0.244 e. The Morgan fingerprint density at radius 3 is 2.33 bits per heavy atom. The minimum absolute atomic E-state index is 0.0775. The Balaban J connectivity index is 3.05. The van der Waals surface area contributed by atoms with Gasteiger partial charge < -0.3 is 4.57 Å². The molecule has 0 aliphatic rings. The molecule has 1 heterocycles. The van der Waals surface area contributed by atoms with Gasteiger partial charge in [-0.1, -0.05) is 20.8 Å². The van der Waals surface area contributed by atoms with Crippen LogP contribution in [0.15, 0.2) is 17.2 Å². The highest BCUT2D eigenvalue weighted by molar-refractivity contribution is 7.89. The van der Waals surface area contributed by atoms with Gasteiger partial charge in [0.15, 0.2) is 0 Å². The minimum atomic E-state index is -3.43. The standard InChI is InChI=1S/C12H21ClN2O2S/c1-12(2,3)9-15(5)18(16,17)11-6-10(7-13)14(4)8-11/h6,8H,7,9H2,1-5H3. The van der Waals surface area contributed by atoms with Gasteiger partial charge in [-0.25, -0.2) is 12.7 Å². The predicted molar refractivity (Wildman–Crippen MR) is 74.2 cm³/mol. The zero-order valence-electron chi connectivity index (χ0n) is 11.6. The molecule has 0 atom stereocenters. The Morgan fingerprint density at radius 1 is 1.39 bits per heavy atom. The second-order valence-electron chi connectivity index (χ2n) is 5.73. The molecule has 0 N–H and O–H groups in total. The molecule has 104 valence electrons. The van der Waals surface area contributed by atoms with Crippen molar-refractivity contribution in [3.63, 3.8) is 0 Å². The Kier molecular flexibility index (Phi) is 4.51. The van der Waals surface area contributed by atoms with Gasteiger partial charge in [-0.3, -0.25) is 0 Å². The first-order valence-electron chi connectivity index (χ1n) is 5.75. The highest BCUT2D eigenvalue weighted by Gasteiger charge is 2.26. The fourth-order valence-corrected chi connectivity index (χ4v) is 3.54. The number of sulfonamides is 1. The van der Waals surface area contributed by atoms with Crippen molar-refractivity contribution in [1.29, 1.82) is 0 Å². The van der Waals surface area contributed by atoms with Crippen LogP contribution in [-0.2, 0) is 23.0 Å². The Bertz CT molecular complexity index is 515. The molecule has 0 aromatic carbocycles. The summed E-state index contributed by atoms with van der Waals surface area (Å²) in [6.07, 6.45) is 1.60. The summed E-state index contributed by atoms with van der Waals surface area (Å²) in [4.78, 5) is 0.299. The van der Waals surface area contributed by atoms with Crippen LogP contribution in [0.3, 0.4) is 0 Å². The highest BCUT2D eigenvalue weighted by atomic mass is 35.5. The van der Waals surface area contributed by atoms with E-state index in [1.165, 1.54) is 4.31 Å². The van der Waals surface area contributed by atoms with Crippen molar-refractivity contribution in [1.82, 2.24) is 8.87 Å². The number of aromatic nitrogens is 1. The van der Waals surface area contributed by atoms with Crippen LogP contribution < -0.4 is 0 Å². The molecule has 0 amide bonds. The summed E-state index contributed by atoms with van der Waals surface area (Å²) in [5.41, 5.74) is 0.714. The fraction of sp³-hybridized carbons (Fsp3) is 0.667. The maximum atomic E-state index is 12.4. The lowest BCUT2D eigenvalue weighted by atomic mass is 9.97. The molecular weight excluding hydrogens is 272 g/mol. The molecule has 0 radical (unpaired) electrons. The van der Waals surface area contributed by atoms with Crippen LogP contribution in [0.2, 0.25) is 0 Å². The summed E-state index contributed by atoms with van der Waals surface area (Å²) in [5, 5.41) is 0. The number of aryl methyl sites for hydroxylation is 1. The zero-order valence-corrected chi connectivity index (χ0v) is 13.1. The summed E-state index contributed by atoms with van der Waals surface area (Å²) in [7, 11) is -0.0328. The lowest BCUT2D eigenvalue weighted by Gasteiger charge is -2.25. The Hall–Kier alpha value is -0.520.